The first-order chi connectivity index (χ1) is 13.9. The second-order valence-corrected chi connectivity index (χ2v) is 6.85. The number of nitrogens with one attached hydrogen (secondary N) is 1. The molecule has 0 bridgehead atoms. The molecule has 1 saturated heterocycles. The normalized spacial score (nSPS) is 16.9. The fourth-order valence-electron chi connectivity index (χ4n) is 3.07. The van der Waals surface area contributed by atoms with Crippen molar-refractivity contribution in [2.45, 2.75) is 31.7 Å². The van der Waals surface area contributed by atoms with E-state index in [0.717, 1.165) is 24.2 Å². The molecule has 0 saturated carbocycles. The predicted octanol–water partition coefficient (Wildman–Crippen LogP) is 4.38. The summed E-state index contributed by atoms with van der Waals surface area (Å²) in [6.45, 7) is 0.110. The first-order valence-electron chi connectivity index (χ1n) is 9.42. The Morgan fingerprint density at radius 3 is 2.48 bits per heavy atom. The summed E-state index contributed by atoms with van der Waals surface area (Å²) in [4.78, 5) is 14.2. The number of urea groups is 1. The van der Waals surface area contributed by atoms with Gasteiger partial charge in [0.25, 0.3) is 0 Å². The number of halogens is 3. The third-order valence-corrected chi connectivity index (χ3v) is 4.48. The zero-order valence-electron chi connectivity index (χ0n) is 15.8. The number of hydrogen-bond acceptors (Lipinski definition) is 3. The van der Waals surface area contributed by atoms with Crippen molar-refractivity contribution >= 4 is 6.03 Å². The van der Waals surface area contributed by atoms with Crippen LogP contribution in [0.1, 0.15) is 18.4 Å². The van der Waals surface area contributed by atoms with Crippen LogP contribution in [-0.4, -0.2) is 42.9 Å². The predicted molar refractivity (Wildman–Crippen MR) is 102 cm³/mol. The lowest BCUT2D eigenvalue weighted by atomic mass is 10.1. The van der Waals surface area contributed by atoms with Gasteiger partial charge in [-0.3, -0.25) is 0 Å². The molecular formula is C21H23F3N2O3. The lowest BCUT2D eigenvalue weighted by Crippen LogP contribution is -2.48. The van der Waals surface area contributed by atoms with Crippen LogP contribution in [0.15, 0.2) is 54.6 Å². The molecule has 2 amide bonds. The molecule has 1 N–H and O–H groups in total. The molecule has 29 heavy (non-hydrogen) atoms. The highest BCUT2D eigenvalue weighted by atomic mass is 19.4. The molecule has 0 spiro atoms. The maximum atomic E-state index is 12.5. The summed E-state index contributed by atoms with van der Waals surface area (Å²) in [7, 11) is 0. The number of hydrogen-bond donors (Lipinski definition) is 1. The molecule has 5 nitrogen and oxygen atoms in total. The molecule has 8 heteroatoms. The largest absolute Gasteiger partial charge is 0.489 e. The molecule has 1 aliphatic rings. The molecule has 1 unspecified atom stereocenters. The molecule has 2 aromatic rings. The van der Waals surface area contributed by atoms with E-state index in [2.05, 4.69) is 10.1 Å². The fraction of sp³-hybridized carbons (Fsp3) is 0.381. The van der Waals surface area contributed by atoms with E-state index in [1.165, 1.54) is 12.1 Å². The molecule has 1 heterocycles. The number of ether oxygens (including phenoxy) is 2. The minimum absolute atomic E-state index is 0.0537. The summed E-state index contributed by atoms with van der Waals surface area (Å²) >= 11 is 0. The Kier molecular flexibility index (Phi) is 6.85. The average Bonchev–Trinajstić information content (AvgIpc) is 2.71. The van der Waals surface area contributed by atoms with Crippen molar-refractivity contribution in [3.8, 4) is 11.5 Å². The Hall–Kier alpha value is -2.90. The number of amides is 2. The molecule has 0 aromatic heterocycles. The first-order valence-corrected chi connectivity index (χ1v) is 9.42. The highest BCUT2D eigenvalue weighted by molar-refractivity contribution is 5.74. The van der Waals surface area contributed by atoms with Crippen molar-refractivity contribution in [3.05, 3.63) is 60.2 Å². The van der Waals surface area contributed by atoms with Crippen molar-refractivity contribution in [2.75, 3.05) is 19.7 Å². The maximum absolute atomic E-state index is 12.5. The van der Waals surface area contributed by atoms with Gasteiger partial charge in [-0.2, -0.15) is 13.2 Å². The zero-order valence-corrected chi connectivity index (χ0v) is 15.8. The lowest BCUT2D eigenvalue weighted by Gasteiger charge is -2.33. The van der Waals surface area contributed by atoms with Crippen LogP contribution in [0.25, 0.3) is 0 Å². The van der Waals surface area contributed by atoms with E-state index in [0.29, 0.717) is 13.1 Å². The van der Waals surface area contributed by atoms with Crippen LogP contribution < -0.4 is 14.8 Å². The Balaban J connectivity index is 1.45. The summed E-state index contributed by atoms with van der Waals surface area (Å²) in [5.41, 5.74) is 0.770. The van der Waals surface area contributed by atoms with Gasteiger partial charge in [0.15, 0.2) is 6.61 Å². The second kappa shape index (κ2) is 9.54. The van der Waals surface area contributed by atoms with Gasteiger partial charge >= 0.3 is 12.2 Å². The van der Waals surface area contributed by atoms with Crippen LogP contribution in [0.3, 0.4) is 0 Å². The average molecular weight is 408 g/mol. The number of piperidine rings is 1. The smallest absolute Gasteiger partial charge is 0.422 e. The molecule has 1 fully saturated rings. The third-order valence-electron chi connectivity index (χ3n) is 4.48. The summed E-state index contributed by atoms with van der Waals surface area (Å²) < 4.78 is 47.1. The van der Waals surface area contributed by atoms with Gasteiger partial charge in [-0.15, -0.1) is 0 Å². The molecule has 3 rings (SSSR count). The number of nitrogens with zero attached hydrogens (tertiary/aromatic N) is 1. The Morgan fingerprint density at radius 2 is 1.79 bits per heavy atom. The van der Waals surface area contributed by atoms with E-state index >= 15 is 0 Å². The summed E-state index contributed by atoms with van der Waals surface area (Å²) in [5.74, 6) is 0.918. The molecule has 0 aliphatic carbocycles. The third kappa shape index (κ3) is 6.89. The van der Waals surface area contributed by atoms with Crippen LogP contribution in [0.4, 0.5) is 18.0 Å². The van der Waals surface area contributed by atoms with Crippen LogP contribution in [0, 0.1) is 0 Å². The van der Waals surface area contributed by atoms with Crippen molar-refractivity contribution < 1.29 is 27.4 Å². The fourth-order valence-corrected chi connectivity index (χ4v) is 3.07. The first kappa shape index (κ1) is 20.8. The molecule has 1 atom stereocenters. The van der Waals surface area contributed by atoms with Crippen molar-refractivity contribution in [1.82, 2.24) is 10.2 Å². The minimum atomic E-state index is -4.37. The number of rotatable bonds is 6. The summed E-state index contributed by atoms with van der Waals surface area (Å²) in [5, 5.41) is 2.84. The molecule has 156 valence electrons. The van der Waals surface area contributed by atoms with Gasteiger partial charge in [0.05, 0.1) is 6.54 Å². The van der Waals surface area contributed by atoms with E-state index in [1.807, 2.05) is 30.3 Å². The Morgan fingerprint density at radius 1 is 1.07 bits per heavy atom. The van der Waals surface area contributed by atoms with Gasteiger partial charge in [0.1, 0.15) is 17.6 Å². The van der Waals surface area contributed by atoms with E-state index < -0.39 is 12.8 Å². The number of para-hydroxylation sites is 1. The van der Waals surface area contributed by atoms with E-state index in [9.17, 15) is 18.0 Å². The number of carbonyl (C=O) groups excluding carboxylic acids is 1. The van der Waals surface area contributed by atoms with Crippen LogP contribution >= 0.6 is 0 Å². The summed E-state index contributed by atoms with van der Waals surface area (Å²) in [6.07, 6.45) is -2.68. The van der Waals surface area contributed by atoms with Crippen LogP contribution in [0.2, 0.25) is 0 Å². The molecule has 2 aromatic carbocycles. The zero-order chi connectivity index (χ0) is 20.7. The number of alkyl halides is 3. The summed E-state index contributed by atoms with van der Waals surface area (Å²) in [6, 6.07) is 15.5. The van der Waals surface area contributed by atoms with Crippen LogP contribution in [0.5, 0.6) is 11.5 Å². The van der Waals surface area contributed by atoms with Gasteiger partial charge in [-0.05, 0) is 42.7 Å². The van der Waals surface area contributed by atoms with Crippen molar-refractivity contribution in [2.24, 2.45) is 0 Å². The number of carbonyl (C=O) groups is 1. The van der Waals surface area contributed by atoms with E-state index in [1.54, 1.807) is 17.0 Å². The van der Waals surface area contributed by atoms with E-state index in [4.69, 9.17) is 4.74 Å². The SMILES string of the molecule is O=C(NCc1ccc(OCC(F)(F)F)cc1)N1CCCC(Oc2ccccc2)C1. The molecule has 0 radical (unpaired) electrons. The van der Waals surface area contributed by atoms with Crippen molar-refractivity contribution in [3.63, 3.8) is 0 Å². The van der Waals surface area contributed by atoms with Crippen LogP contribution in [-0.2, 0) is 6.54 Å². The molecule has 1 aliphatic heterocycles. The van der Waals surface area contributed by atoms with Gasteiger partial charge in [0, 0.05) is 13.1 Å². The highest BCUT2D eigenvalue weighted by Crippen LogP contribution is 2.20. The topological polar surface area (TPSA) is 50.8 Å². The standard InChI is InChI=1S/C21H23F3N2O3/c22-21(23,24)15-28-17-10-8-16(9-11-17)13-25-20(27)26-12-4-7-19(14-26)29-18-5-2-1-3-6-18/h1-3,5-6,8-11,19H,4,7,12-15H2,(H,25,27). The van der Waals surface area contributed by atoms with Crippen molar-refractivity contribution in [1.29, 1.82) is 0 Å². The maximum Gasteiger partial charge on any atom is 0.422 e. The lowest BCUT2D eigenvalue weighted by molar-refractivity contribution is -0.153. The second-order valence-electron chi connectivity index (χ2n) is 6.85. The van der Waals surface area contributed by atoms with Gasteiger partial charge in [-0.1, -0.05) is 30.3 Å². The Bertz CT molecular complexity index is 782. The van der Waals surface area contributed by atoms with Gasteiger partial charge < -0.3 is 19.7 Å². The van der Waals surface area contributed by atoms with E-state index in [-0.39, 0.29) is 24.4 Å². The Labute approximate surface area is 167 Å². The molecular weight excluding hydrogens is 385 g/mol. The monoisotopic (exact) mass is 408 g/mol. The van der Waals surface area contributed by atoms with Gasteiger partial charge in [-0.25, -0.2) is 4.79 Å². The van der Waals surface area contributed by atoms with Gasteiger partial charge in [0.2, 0.25) is 0 Å². The number of likely N-dealkylation sites (tertiary alicyclic amines) is 1. The minimum Gasteiger partial charge on any atom is -0.489 e. The quantitative estimate of drug-likeness (QED) is 0.772. The highest BCUT2D eigenvalue weighted by Gasteiger charge is 2.28. The number of benzene rings is 2.